The molecule has 144 valence electrons. The second-order valence-electron chi connectivity index (χ2n) is 7.49. The van der Waals surface area contributed by atoms with Gasteiger partial charge in [0.25, 0.3) is 0 Å². The summed E-state index contributed by atoms with van der Waals surface area (Å²) in [4.78, 5) is 23.6. The first-order valence-corrected chi connectivity index (χ1v) is 8.77. The highest BCUT2D eigenvalue weighted by atomic mass is 19.1. The number of ether oxygens (including phenoxy) is 1. The molecule has 2 aromatic carbocycles. The van der Waals surface area contributed by atoms with Crippen LogP contribution in [0.25, 0.3) is 0 Å². The van der Waals surface area contributed by atoms with Gasteiger partial charge in [-0.05, 0) is 47.4 Å². The Morgan fingerprint density at radius 1 is 0.889 bits per heavy atom. The molecule has 0 aromatic heterocycles. The topological polar surface area (TPSA) is 67.4 Å². The maximum Gasteiger partial charge on any atom is 0.239 e. The van der Waals surface area contributed by atoms with Gasteiger partial charge in [-0.15, -0.1) is 0 Å². The largest absolute Gasteiger partial charge is 0.457 e. The standard InChI is InChI=1S/C21H25FN2O3/c1-21(2,3)12-19(25)24-14-20(26)23-13-15-4-8-17(9-5-15)27-18-10-6-16(22)7-11-18/h4-11H,12-14H2,1-3H3,(H,23,26)(H,24,25). The third-order valence-corrected chi connectivity index (χ3v) is 3.60. The summed E-state index contributed by atoms with van der Waals surface area (Å²) in [5, 5.41) is 5.37. The Hall–Kier alpha value is -2.89. The number of carbonyl (C=O) groups is 2. The minimum absolute atomic E-state index is 0.0410. The average Bonchev–Trinajstić information content (AvgIpc) is 2.60. The number of nitrogens with one attached hydrogen (secondary N) is 2. The summed E-state index contributed by atoms with van der Waals surface area (Å²) in [7, 11) is 0. The second kappa shape index (κ2) is 9.16. The zero-order chi connectivity index (χ0) is 19.9. The molecule has 0 aliphatic carbocycles. The molecule has 2 N–H and O–H groups in total. The van der Waals surface area contributed by atoms with E-state index in [4.69, 9.17) is 4.74 Å². The Labute approximate surface area is 158 Å². The highest BCUT2D eigenvalue weighted by Gasteiger charge is 2.16. The minimum Gasteiger partial charge on any atom is -0.457 e. The number of amides is 2. The lowest BCUT2D eigenvalue weighted by atomic mass is 9.92. The highest BCUT2D eigenvalue weighted by molar-refractivity contribution is 5.84. The van der Waals surface area contributed by atoms with E-state index in [1.165, 1.54) is 12.1 Å². The van der Waals surface area contributed by atoms with E-state index in [1.807, 2.05) is 32.9 Å². The van der Waals surface area contributed by atoms with Crippen LogP contribution < -0.4 is 15.4 Å². The fourth-order valence-corrected chi connectivity index (χ4v) is 2.30. The monoisotopic (exact) mass is 372 g/mol. The maximum atomic E-state index is 12.9. The summed E-state index contributed by atoms with van der Waals surface area (Å²) in [6.07, 6.45) is 0.371. The number of halogens is 1. The Morgan fingerprint density at radius 3 is 2.00 bits per heavy atom. The number of benzene rings is 2. The molecule has 27 heavy (non-hydrogen) atoms. The number of carbonyl (C=O) groups excluding carboxylic acids is 2. The smallest absolute Gasteiger partial charge is 0.239 e. The first kappa shape index (κ1) is 20.4. The van der Waals surface area contributed by atoms with Crippen molar-refractivity contribution in [2.45, 2.75) is 33.7 Å². The van der Waals surface area contributed by atoms with Crippen molar-refractivity contribution in [1.82, 2.24) is 10.6 Å². The Kier molecular flexibility index (Phi) is 6.93. The molecule has 0 spiro atoms. The van der Waals surface area contributed by atoms with Gasteiger partial charge in [0.05, 0.1) is 6.54 Å². The molecule has 0 saturated heterocycles. The average molecular weight is 372 g/mol. The lowest BCUT2D eigenvalue weighted by Crippen LogP contribution is -2.37. The van der Waals surface area contributed by atoms with E-state index in [0.717, 1.165) is 5.56 Å². The van der Waals surface area contributed by atoms with Crippen LogP contribution in [0, 0.1) is 11.2 Å². The summed E-state index contributed by atoms with van der Waals surface area (Å²) in [5.41, 5.74) is 0.786. The van der Waals surface area contributed by atoms with Crippen molar-refractivity contribution < 1.29 is 18.7 Å². The van der Waals surface area contributed by atoms with E-state index in [0.29, 0.717) is 24.5 Å². The van der Waals surface area contributed by atoms with Crippen LogP contribution >= 0.6 is 0 Å². The molecule has 5 nitrogen and oxygen atoms in total. The Balaban J connectivity index is 1.75. The number of hydrogen-bond acceptors (Lipinski definition) is 3. The van der Waals surface area contributed by atoms with Crippen molar-refractivity contribution in [3.8, 4) is 11.5 Å². The van der Waals surface area contributed by atoms with Gasteiger partial charge in [0, 0.05) is 13.0 Å². The fraction of sp³-hybridized carbons (Fsp3) is 0.333. The summed E-state index contributed by atoms with van der Waals surface area (Å²) in [5.74, 6) is 0.460. The van der Waals surface area contributed by atoms with Gasteiger partial charge < -0.3 is 15.4 Å². The van der Waals surface area contributed by atoms with Gasteiger partial charge in [0.15, 0.2) is 0 Å². The van der Waals surface area contributed by atoms with Crippen LogP contribution in [0.5, 0.6) is 11.5 Å². The van der Waals surface area contributed by atoms with E-state index in [-0.39, 0.29) is 29.6 Å². The van der Waals surface area contributed by atoms with Crippen LogP contribution in [-0.2, 0) is 16.1 Å². The minimum atomic E-state index is -0.317. The van der Waals surface area contributed by atoms with Gasteiger partial charge in [-0.25, -0.2) is 4.39 Å². The molecular formula is C21H25FN2O3. The molecule has 0 aliphatic rings. The molecule has 0 atom stereocenters. The van der Waals surface area contributed by atoms with Crippen LogP contribution in [-0.4, -0.2) is 18.4 Å². The zero-order valence-electron chi connectivity index (χ0n) is 15.8. The highest BCUT2D eigenvalue weighted by Crippen LogP contribution is 2.21. The molecule has 0 fully saturated rings. The van der Waals surface area contributed by atoms with Gasteiger partial charge in [0.2, 0.25) is 11.8 Å². The van der Waals surface area contributed by atoms with E-state index in [2.05, 4.69) is 10.6 Å². The molecule has 0 aliphatic heterocycles. The van der Waals surface area contributed by atoms with Crippen molar-refractivity contribution in [2.75, 3.05) is 6.54 Å². The summed E-state index contributed by atoms with van der Waals surface area (Å²) in [6, 6.07) is 13.0. The van der Waals surface area contributed by atoms with Gasteiger partial charge in [-0.2, -0.15) is 0 Å². The van der Waals surface area contributed by atoms with Crippen LogP contribution in [0.2, 0.25) is 0 Å². The fourth-order valence-electron chi connectivity index (χ4n) is 2.30. The molecule has 6 heteroatoms. The number of hydrogen-bond donors (Lipinski definition) is 2. The van der Waals surface area contributed by atoms with E-state index >= 15 is 0 Å². The first-order chi connectivity index (χ1) is 12.7. The van der Waals surface area contributed by atoms with Crippen LogP contribution in [0.4, 0.5) is 4.39 Å². The predicted molar refractivity (Wildman–Crippen MR) is 102 cm³/mol. The molecule has 2 amide bonds. The van der Waals surface area contributed by atoms with Gasteiger partial charge in [0.1, 0.15) is 17.3 Å². The van der Waals surface area contributed by atoms with Gasteiger partial charge >= 0.3 is 0 Å². The predicted octanol–water partition coefficient (Wildman–Crippen LogP) is 3.79. The van der Waals surface area contributed by atoms with Crippen LogP contribution in [0.1, 0.15) is 32.8 Å². The van der Waals surface area contributed by atoms with Crippen LogP contribution in [0.3, 0.4) is 0 Å². The normalized spacial score (nSPS) is 11.0. The molecular weight excluding hydrogens is 347 g/mol. The van der Waals surface area contributed by atoms with Gasteiger partial charge in [-0.1, -0.05) is 32.9 Å². The number of rotatable bonds is 7. The summed E-state index contributed by atoms with van der Waals surface area (Å²) < 4.78 is 18.5. The summed E-state index contributed by atoms with van der Waals surface area (Å²) in [6.45, 7) is 6.22. The Bertz CT molecular complexity index is 766. The van der Waals surface area contributed by atoms with Crippen molar-refractivity contribution in [1.29, 1.82) is 0 Å². The third-order valence-electron chi connectivity index (χ3n) is 3.60. The van der Waals surface area contributed by atoms with Crippen molar-refractivity contribution in [3.63, 3.8) is 0 Å². The lowest BCUT2D eigenvalue weighted by molar-refractivity contribution is -0.127. The Morgan fingerprint density at radius 2 is 1.44 bits per heavy atom. The molecule has 0 unspecified atom stereocenters. The molecule has 0 radical (unpaired) electrons. The zero-order valence-corrected chi connectivity index (χ0v) is 15.8. The SMILES string of the molecule is CC(C)(C)CC(=O)NCC(=O)NCc1ccc(Oc2ccc(F)cc2)cc1. The van der Waals surface area contributed by atoms with Gasteiger partial charge in [-0.3, -0.25) is 9.59 Å². The van der Waals surface area contributed by atoms with E-state index in [1.54, 1.807) is 24.3 Å². The lowest BCUT2D eigenvalue weighted by Gasteiger charge is -2.17. The molecule has 0 heterocycles. The van der Waals surface area contributed by atoms with Crippen molar-refractivity contribution >= 4 is 11.8 Å². The van der Waals surface area contributed by atoms with Crippen molar-refractivity contribution in [2.24, 2.45) is 5.41 Å². The van der Waals surface area contributed by atoms with E-state index < -0.39 is 0 Å². The third kappa shape index (κ3) is 7.90. The maximum absolute atomic E-state index is 12.9. The van der Waals surface area contributed by atoms with Crippen molar-refractivity contribution in [3.05, 3.63) is 59.9 Å². The first-order valence-electron chi connectivity index (χ1n) is 8.77. The second-order valence-corrected chi connectivity index (χ2v) is 7.49. The quantitative estimate of drug-likeness (QED) is 0.777. The van der Waals surface area contributed by atoms with Crippen LogP contribution in [0.15, 0.2) is 48.5 Å². The summed E-state index contributed by atoms with van der Waals surface area (Å²) >= 11 is 0. The molecule has 0 bridgehead atoms. The molecule has 2 rings (SSSR count). The molecule has 2 aromatic rings. The van der Waals surface area contributed by atoms with E-state index in [9.17, 15) is 14.0 Å². The molecule has 0 saturated carbocycles.